The van der Waals surface area contributed by atoms with Crippen LogP contribution in [0.15, 0.2) is 48.6 Å². The van der Waals surface area contributed by atoms with Gasteiger partial charge in [-0.05, 0) is 38.5 Å². The molecule has 0 fully saturated rings. The van der Waals surface area contributed by atoms with Gasteiger partial charge in [-0.1, -0.05) is 55.5 Å². The summed E-state index contributed by atoms with van der Waals surface area (Å²) in [5.41, 5.74) is 0. The van der Waals surface area contributed by atoms with Gasteiger partial charge in [0.15, 0.2) is 0 Å². The van der Waals surface area contributed by atoms with Crippen molar-refractivity contribution < 1.29 is 19.9 Å². The molecule has 26 heavy (non-hydrogen) atoms. The van der Waals surface area contributed by atoms with Gasteiger partial charge in [-0.2, -0.15) is 0 Å². The topological polar surface area (TPSA) is 101 Å². The largest absolute Gasteiger partial charge is 0.481 e. The fourth-order valence-corrected chi connectivity index (χ4v) is 2.27. The van der Waals surface area contributed by atoms with Crippen molar-refractivity contribution in [2.24, 2.45) is 0 Å². The molecule has 0 spiro atoms. The maximum Gasteiger partial charge on any atom is 0.303 e. The molecule has 0 saturated carbocycles. The third kappa shape index (κ3) is 14.2. The highest BCUT2D eigenvalue weighted by molar-refractivity contribution is 5.66. The van der Waals surface area contributed by atoms with E-state index >= 15 is 0 Å². The quantitative estimate of drug-likeness (QED) is 0.254. The number of allylic oxidation sites excluding steroid dienone is 7. The van der Waals surface area contributed by atoms with Crippen LogP contribution >= 0.6 is 0 Å². The SMILES string of the molecule is CCC=CCC=CCC=CCC=CCC(O)C(CCCC(=O)O)[N+](=O)[O-]. The summed E-state index contributed by atoms with van der Waals surface area (Å²) in [6.45, 7) is 2.10. The Morgan fingerprint density at radius 3 is 1.96 bits per heavy atom. The summed E-state index contributed by atoms with van der Waals surface area (Å²) < 4.78 is 0. The molecule has 0 bridgehead atoms. The number of aliphatic carboxylic acids is 1. The molecule has 0 amide bonds. The van der Waals surface area contributed by atoms with Gasteiger partial charge in [0.1, 0.15) is 6.10 Å². The molecular weight excluding hydrogens is 334 g/mol. The molecular formula is C20H31NO5. The summed E-state index contributed by atoms with van der Waals surface area (Å²) in [7, 11) is 0. The van der Waals surface area contributed by atoms with E-state index in [1.165, 1.54) is 0 Å². The van der Waals surface area contributed by atoms with Crippen LogP contribution in [0.2, 0.25) is 0 Å². The molecule has 2 atom stereocenters. The van der Waals surface area contributed by atoms with Crippen molar-refractivity contribution in [3.63, 3.8) is 0 Å². The summed E-state index contributed by atoms with van der Waals surface area (Å²) in [5, 5.41) is 29.5. The Morgan fingerprint density at radius 1 is 1.00 bits per heavy atom. The molecule has 0 aromatic carbocycles. The fraction of sp³-hybridized carbons (Fsp3) is 0.550. The second-order valence-electron chi connectivity index (χ2n) is 5.94. The minimum atomic E-state index is -1.12. The molecule has 6 heteroatoms. The van der Waals surface area contributed by atoms with Crippen LogP contribution < -0.4 is 0 Å². The van der Waals surface area contributed by atoms with Crippen molar-refractivity contribution >= 4 is 5.97 Å². The molecule has 6 nitrogen and oxygen atoms in total. The molecule has 2 N–H and O–H groups in total. The van der Waals surface area contributed by atoms with Gasteiger partial charge >= 0.3 is 5.97 Å². The summed E-state index contributed by atoms with van der Waals surface area (Å²) in [6.07, 6.45) is 18.9. The molecule has 2 unspecified atom stereocenters. The lowest BCUT2D eigenvalue weighted by Crippen LogP contribution is -2.33. The first-order valence-corrected chi connectivity index (χ1v) is 9.12. The van der Waals surface area contributed by atoms with E-state index in [-0.39, 0.29) is 25.7 Å². The second kappa shape index (κ2) is 16.3. The van der Waals surface area contributed by atoms with Gasteiger partial charge in [-0.3, -0.25) is 14.9 Å². The zero-order valence-corrected chi connectivity index (χ0v) is 15.5. The number of hydrogen-bond acceptors (Lipinski definition) is 4. The van der Waals surface area contributed by atoms with E-state index in [0.29, 0.717) is 6.42 Å². The van der Waals surface area contributed by atoms with E-state index in [0.717, 1.165) is 19.3 Å². The lowest BCUT2D eigenvalue weighted by Gasteiger charge is -2.14. The first-order chi connectivity index (χ1) is 12.5. The number of nitro groups is 1. The van der Waals surface area contributed by atoms with Crippen molar-refractivity contribution in [3.05, 3.63) is 58.7 Å². The average molecular weight is 365 g/mol. The number of carboxylic acid groups (broad SMARTS) is 1. The van der Waals surface area contributed by atoms with Gasteiger partial charge in [0, 0.05) is 17.8 Å². The maximum absolute atomic E-state index is 11.0. The molecule has 0 rings (SSSR count). The number of hydrogen-bond donors (Lipinski definition) is 2. The molecule has 146 valence electrons. The van der Waals surface area contributed by atoms with E-state index < -0.39 is 23.0 Å². The minimum absolute atomic E-state index is 0.0635. The normalized spacial score (nSPS) is 14.7. The second-order valence-corrected chi connectivity index (χ2v) is 5.94. The number of rotatable bonds is 15. The summed E-state index contributed by atoms with van der Waals surface area (Å²) in [5.74, 6) is -0.986. The van der Waals surface area contributed by atoms with Crippen molar-refractivity contribution in [1.82, 2.24) is 0 Å². The number of aliphatic hydroxyl groups excluding tert-OH is 1. The van der Waals surface area contributed by atoms with Crippen LogP contribution in [0.1, 0.15) is 58.3 Å². The molecule has 0 radical (unpaired) electrons. The highest BCUT2D eigenvalue weighted by Gasteiger charge is 2.28. The predicted molar refractivity (Wildman–Crippen MR) is 104 cm³/mol. The monoisotopic (exact) mass is 365 g/mol. The maximum atomic E-state index is 11.0. The molecule has 0 aromatic rings. The smallest absolute Gasteiger partial charge is 0.303 e. The number of nitrogens with zero attached hydrogens (tertiary/aromatic N) is 1. The Morgan fingerprint density at radius 2 is 1.50 bits per heavy atom. The Balaban J connectivity index is 4.02. The molecule has 0 aromatic heterocycles. The molecule has 0 saturated heterocycles. The zero-order valence-electron chi connectivity index (χ0n) is 15.5. The first-order valence-electron chi connectivity index (χ1n) is 9.12. The molecule has 0 aliphatic rings. The highest BCUT2D eigenvalue weighted by Crippen LogP contribution is 2.12. The van der Waals surface area contributed by atoms with Gasteiger partial charge in [0.25, 0.3) is 0 Å². The molecule has 0 heterocycles. The Kier molecular flexibility index (Phi) is 14.9. The first kappa shape index (κ1) is 23.8. The Labute approximate surface area is 155 Å². The lowest BCUT2D eigenvalue weighted by atomic mass is 10.0. The zero-order chi connectivity index (χ0) is 19.6. The Bertz CT molecular complexity index is 508. The van der Waals surface area contributed by atoms with Gasteiger partial charge in [-0.25, -0.2) is 0 Å². The van der Waals surface area contributed by atoms with Crippen LogP contribution in [0.25, 0.3) is 0 Å². The number of carbonyl (C=O) groups is 1. The summed E-state index contributed by atoms with van der Waals surface area (Å²) in [4.78, 5) is 20.9. The molecule has 0 aliphatic heterocycles. The standard InChI is InChI=1S/C20H31NO5/c1-2-3-4-5-6-7-8-9-10-11-12-13-16-19(22)18(21(25)26)15-14-17-20(23)24/h3-4,6-7,9-10,12-13,18-19,22H,2,5,8,11,14-17H2,1H3,(H,23,24). The van der Waals surface area contributed by atoms with E-state index in [4.69, 9.17) is 5.11 Å². The van der Waals surface area contributed by atoms with E-state index in [1.54, 1.807) is 6.08 Å². The van der Waals surface area contributed by atoms with E-state index in [9.17, 15) is 20.0 Å². The van der Waals surface area contributed by atoms with Crippen LogP contribution in [-0.4, -0.2) is 33.3 Å². The van der Waals surface area contributed by atoms with Gasteiger partial charge in [0.2, 0.25) is 6.04 Å². The molecule has 0 aliphatic carbocycles. The lowest BCUT2D eigenvalue weighted by molar-refractivity contribution is -0.535. The van der Waals surface area contributed by atoms with Crippen molar-refractivity contribution in [3.8, 4) is 0 Å². The third-order valence-electron chi connectivity index (χ3n) is 3.70. The number of carboxylic acids is 1. The van der Waals surface area contributed by atoms with Gasteiger partial charge in [-0.15, -0.1) is 0 Å². The third-order valence-corrected chi connectivity index (χ3v) is 3.70. The van der Waals surface area contributed by atoms with Crippen molar-refractivity contribution in [2.45, 2.75) is 70.4 Å². The average Bonchev–Trinajstić information content (AvgIpc) is 2.59. The van der Waals surface area contributed by atoms with Crippen LogP contribution in [0.5, 0.6) is 0 Å². The number of aliphatic hydroxyl groups is 1. The fourth-order valence-electron chi connectivity index (χ4n) is 2.27. The minimum Gasteiger partial charge on any atom is -0.481 e. The predicted octanol–water partition coefficient (Wildman–Crippen LogP) is 4.44. The van der Waals surface area contributed by atoms with Crippen molar-refractivity contribution in [2.75, 3.05) is 0 Å². The summed E-state index contributed by atoms with van der Waals surface area (Å²) >= 11 is 0. The van der Waals surface area contributed by atoms with Crippen LogP contribution in [-0.2, 0) is 4.79 Å². The summed E-state index contributed by atoms with van der Waals surface area (Å²) in [6, 6.07) is -1.12. The van der Waals surface area contributed by atoms with E-state index in [2.05, 4.69) is 31.2 Å². The van der Waals surface area contributed by atoms with E-state index in [1.807, 2.05) is 18.2 Å². The highest BCUT2D eigenvalue weighted by atomic mass is 16.6. The van der Waals surface area contributed by atoms with Crippen LogP contribution in [0.3, 0.4) is 0 Å². The van der Waals surface area contributed by atoms with Gasteiger partial charge < -0.3 is 10.2 Å². The van der Waals surface area contributed by atoms with Gasteiger partial charge in [0.05, 0.1) is 0 Å². The Hall–Kier alpha value is -2.21. The van der Waals surface area contributed by atoms with Crippen molar-refractivity contribution in [1.29, 1.82) is 0 Å². The van der Waals surface area contributed by atoms with Crippen LogP contribution in [0.4, 0.5) is 0 Å². The van der Waals surface area contributed by atoms with Crippen LogP contribution in [0, 0.1) is 10.1 Å².